The molecule has 2 aromatic rings. The number of hydrogen-bond donors (Lipinski definition) is 4. The lowest BCUT2D eigenvalue weighted by molar-refractivity contribution is 0.239. The largest absolute Gasteiger partial charge is 0.325 e. The van der Waals surface area contributed by atoms with Gasteiger partial charge in [-0.2, -0.15) is 0 Å². The van der Waals surface area contributed by atoms with Gasteiger partial charge in [0.1, 0.15) is 0 Å². The van der Waals surface area contributed by atoms with E-state index in [0.29, 0.717) is 13.3 Å². The second-order valence-electron chi connectivity index (χ2n) is 11.1. The number of rotatable bonds is 20. The highest BCUT2D eigenvalue weighted by Crippen LogP contribution is 2.16. The topological polar surface area (TPSA) is 88.7 Å². The van der Waals surface area contributed by atoms with Crippen LogP contribution in [0.5, 0.6) is 0 Å². The molecule has 0 saturated carbocycles. The minimum Gasteiger partial charge on any atom is -0.325 e. The van der Waals surface area contributed by atoms with Gasteiger partial charge in [0.15, 0.2) is 0 Å². The molecule has 8 nitrogen and oxygen atoms in total. The molecule has 0 fully saturated rings. The summed E-state index contributed by atoms with van der Waals surface area (Å²) in [4.78, 5) is 28.8. The minimum atomic E-state index is -0.197. The van der Waals surface area contributed by atoms with E-state index in [1.165, 1.54) is 51.4 Å². The third kappa shape index (κ3) is 16.1. The number of hydrogen-bond acceptors (Lipinski definition) is 4. The molecule has 0 aliphatic carbocycles. The lowest BCUT2D eigenvalue weighted by atomic mass is 10.0. The number of urea groups is 2. The molecule has 0 atom stereocenters. The Balaban J connectivity index is 1.66. The molecule has 0 bridgehead atoms. The van der Waals surface area contributed by atoms with Crippen LogP contribution in [0.3, 0.4) is 0 Å². The van der Waals surface area contributed by atoms with Crippen LogP contribution >= 0.6 is 0 Å². The van der Waals surface area contributed by atoms with Crippen molar-refractivity contribution in [1.82, 2.24) is 20.4 Å². The number of nitrogens with one attached hydrogen (secondary N) is 4. The summed E-state index contributed by atoms with van der Waals surface area (Å²) in [7, 11) is 4.06. The van der Waals surface area contributed by atoms with Crippen molar-refractivity contribution in [3.63, 3.8) is 0 Å². The van der Waals surface area contributed by atoms with Gasteiger partial charge in [0.25, 0.3) is 0 Å². The first-order valence-corrected chi connectivity index (χ1v) is 15.5. The van der Waals surface area contributed by atoms with E-state index in [-0.39, 0.29) is 12.1 Å². The quantitative estimate of drug-likeness (QED) is 0.100. The molecule has 0 saturated heterocycles. The lowest BCUT2D eigenvalue weighted by Crippen LogP contribution is -2.38. The van der Waals surface area contributed by atoms with Gasteiger partial charge in [0.05, 0.1) is 13.3 Å². The minimum absolute atomic E-state index is 0.197. The average molecular weight is 567 g/mol. The maximum absolute atomic E-state index is 12.3. The first-order chi connectivity index (χ1) is 19.9. The van der Waals surface area contributed by atoms with Crippen LogP contribution < -0.4 is 21.3 Å². The Labute approximate surface area is 248 Å². The molecule has 0 aliphatic rings. The third-order valence-electron chi connectivity index (χ3n) is 7.14. The van der Waals surface area contributed by atoms with Crippen molar-refractivity contribution in [3.05, 3.63) is 59.7 Å². The van der Waals surface area contributed by atoms with Gasteiger partial charge >= 0.3 is 12.1 Å². The predicted octanol–water partition coefficient (Wildman–Crippen LogP) is 7.24. The van der Waals surface area contributed by atoms with Gasteiger partial charge in [-0.05, 0) is 81.8 Å². The van der Waals surface area contributed by atoms with Crippen LogP contribution in [0.25, 0.3) is 0 Å². The number of nitrogens with zero attached hydrogens (tertiary/aromatic N) is 2. The van der Waals surface area contributed by atoms with Crippen molar-refractivity contribution < 1.29 is 9.59 Å². The van der Waals surface area contributed by atoms with Crippen molar-refractivity contribution in [1.29, 1.82) is 0 Å². The zero-order valence-electron chi connectivity index (χ0n) is 25.9. The van der Waals surface area contributed by atoms with Gasteiger partial charge in [0.2, 0.25) is 0 Å². The number of benzene rings is 2. The standard InChI is InChI=1S/C33H54N6O2/c1-5-7-9-11-13-23-38(3)26-34-32(40)36-30-19-15-28(16-20-30)25-29-17-21-31(22-18-29)37-33(41)35-27-39(4)24-14-12-10-8-6-2/h15-22H,5-14,23-27H2,1-4H3,(H2,34,36,40)(H2,35,37,41). The van der Waals surface area contributed by atoms with Crippen molar-refractivity contribution in [2.24, 2.45) is 0 Å². The highest BCUT2D eigenvalue weighted by molar-refractivity contribution is 5.89. The molecule has 2 aromatic carbocycles. The number of carbonyl (C=O) groups is 2. The van der Waals surface area contributed by atoms with E-state index in [9.17, 15) is 9.59 Å². The SMILES string of the molecule is CCCCCCCN(C)CNC(=O)Nc1ccc(Cc2ccc(NC(=O)NCN(C)CCCCCCC)cc2)cc1. The maximum atomic E-state index is 12.3. The summed E-state index contributed by atoms with van der Waals surface area (Å²) in [5, 5.41) is 11.7. The molecule has 0 unspecified atom stereocenters. The molecule has 0 radical (unpaired) electrons. The fourth-order valence-electron chi connectivity index (χ4n) is 4.54. The van der Waals surface area contributed by atoms with Crippen LogP contribution in [0, 0.1) is 0 Å². The van der Waals surface area contributed by atoms with Crippen molar-refractivity contribution in [3.8, 4) is 0 Å². The molecule has 2 rings (SSSR count). The highest BCUT2D eigenvalue weighted by Gasteiger charge is 2.06. The van der Waals surface area contributed by atoms with E-state index in [1.807, 2.05) is 62.6 Å². The molecule has 41 heavy (non-hydrogen) atoms. The Morgan fingerprint density at radius 3 is 1.29 bits per heavy atom. The summed E-state index contributed by atoms with van der Waals surface area (Å²) in [6, 6.07) is 15.4. The van der Waals surface area contributed by atoms with Gasteiger partial charge in [-0.15, -0.1) is 0 Å². The number of unbranched alkanes of at least 4 members (excludes halogenated alkanes) is 8. The second-order valence-corrected chi connectivity index (χ2v) is 11.1. The molecular weight excluding hydrogens is 512 g/mol. The monoisotopic (exact) mass is 566 g/mol. The van der Waals surface area contributed by atoms with Gasteiger partial charge in [0, 0.05) is 11.4 Å². The molecule has 0 aliphatic heterocycles. The van der Waals surface area contributed by atoms with Gasteiger partial charge in [-0.3, -0.25) is 9.80 Å². The smallest absolute Gasteiger partial charge is 0.320 e. The first-order valence-electron chi connectivity index (χ1n) is 15.5. The predicted molar refractivity (Wildman–Crippen MR) is 173 cm³/mol. The van der Waals surface area contributed by atoms with Crippen LogP contribution in [-0.4, -0.2) is 62.4 Å². The second kappa shape index (κ2) is 20.7. The molecule has 4 amide bonds. The molecule has 0 aromatic heterocycles. The molecule has 0 heterocycles. The average Bonchev–Trinajstić information content (AvgIpc) is 2.97. The molecule has 228 valence electrons. The lowest BCUT2D eigenvalue weighted by Gasteiger charge is -2.17. The van der Waals surface area contributed by atoms with Crippen molar-refractivity contribution >= 4 is 23.4 Å². The van der Waals surface area contributed by atoms with E-state index in [1.54, 1.807) is 0 Å². The van der Waals surface area contributed by atoms with Crippen molar-refractivity contribution in [2.75, 3.05) is 51.2 Å². The Morgan fingerprint density at radius 2 is 0.927 bits per heavy atom. The van der Waals surface area contributed by atoms with Crippen LogP contribution in [0.1, 0.15) is 89.2 Å². The summed E-state index contributed by atoms with van der Waals surface area (Å²) in [6.45, 7) is 7.47. The van der Waals surface area contributed by atoms with E-state index < -0.39 is 0 Å². The summed E-state index contributed by atoms with van der Waals surface area (Å²) in [5.74, 6) is 0. The number of anilines is 2. The third-order valence-corrected chi connectivity index (χ3v) is 7.14. The Kier molecular flexibility index (Phi) is 17.2. The maximum Gasteiger partial charge on any atom is 0.320 e. The molecule has 0 spiro atoms. The van der Waals surface area contributed by atoms with E-state index in [4.69, 9.17) is 0 Å². The zero-order valence-corrected chi connectivity index (χ0v) is 25.9. The number of amides is 4. The van der Waals surface area contributed by atoms with Crippen LogP contribution in [-0.2, 0) is 6.42 Å². The van der Waals surface area contributed by atoms with E-state index >= 15 is 0 Å². The molecule has 4 N–H and O–H groups in total. The molecule has 8 heteroatoms. The van der Waals surface area contributed by atoms with Crippen LogP contribution in [0.2, 0.25) is 0 Å². The summed E-state index contributed by atoms with van der Waals surface area (Å²) in [5.41, 5.74) is 3.83. The fraction of sp³-hybridized carbons (Fsp3) is 0.576. The van der Waals surface area contributed by atoms with Gasteiger partial charge < -0.3 is 21.3 Å². The van der Waals surface area contributed by atoms with Gasteiger partial charge in [-0.1, -0.05) is 89.5 Å². The van der Waals surface area contributed by atoms with E-state index in [0.717, 1.165) is 54.9 Å². The first kappa shape index (κ1) is 34.1. The summed E-state index contributed by atoms with van der Waals surface area (Å²) in [6.07, 6.45) is 13.2. The van der Waals surface area contributed by atoms with Crippen LogP contribution in [0.15, 0.2) is 48.5 Å². The fourth-order valence-corrected chi connectivity index (χ4v) is 4.54. The zero-order chi connectivity index (χ0) is 29.7. The van der Waals surface area contributed by atoms with E-state index in [2.05, 4.69) is 44.9 Å². The van der Waals surface area contributed by atoms with Gasteiger partial charge in [-0.25, -0.2) is 9.59 Å². The Hall–Kier alpha value is -3.10. The summed E-state index contributed by atoms with van der Waals surface area (Å²) >= 11 is 0. The highest BCUT2D eigenvalue weighted by atomic mass is 16.2. The van der Waals surface area contributed by atoms with Crippen molar-refractivity contribution in [2.45, 2.75) is 84.5 Å². The van der Waals surface area contributed by atoms with Crippen LogP contribution in [0.4, 0.5) is 21.0 Å². The Morgan fingerprint density at radius 1 is 0.561 bits per heavy atom. The number of carbonyl (C=O) groups excluding carboxylic acids is 2. The summed E-state index contributed by atoms with van der Waals surface area (Å²) < 4.78 is 0. The normalized spacial score (nSPS) is 11.1. The Bertz CT molecular complexity index is 901. The molecular formula is C33H54N6O2.